The number of aromatic hydroxyl groups is 1. The Morgan fingerprint density at radius 3 is 2.50 bits per heavy atom. The van der Waals surface area contributed by atoms with E-state index in [2.05, 4.69) is 4.90 Å². The molecule has 3 heteroatoms. The zero-order valence-electron chi connectivity index (χ0n) is 8.77. The number of nitrogens with zero attached hydrogens (tertiary/aromatic N) is 1. The number of nitrogens with two attached hydrogens (primary N) is 1. The van der Waals surface area contributed by atoms with Crippen molar-refractivity contribution in [2.24, 2.45) is 5.73 Å². The first-order valence-corrected chi connectivity index (χ1v) is 4.78. The van der Waals surface area contributed by atoms with Crippen molar-refractivity contribution in [2.75, 3.05) is 20.6 Å². The molecule has 1 atom stereocenters. The van der Waals surface area contributed by atoms with Crippen LogP contribution in [0.5, 0.6) is 5.75 Å². The Kier molecular flexibility index (Phi) is 3.92. The summed E-state index contributed by atoms with van der Waals surface area (Å²) in [4.78, 5) is 2.08. The SMILES string of the molecule is CN(C)C(CN)Cc1ccccc1O. The van der Waals surface area contributed by atoms with Crippen LogP contribution in [0, 0.1) is 0 Å². The zero-order chi connectivity index (χ0) is 10.6. The van der Waals surface area contributed by atoms with Crippen LogP contribution in [0.1, 0.15) is 5.56 Å². The topological polar surface area (TPSA) is 49.5 Å². The standard InChI is InChI=1S/C11H18N2O/c1-13(2)10(8-12)7-9-5-3-4-6-11(9)14/h3-6,10,14H,7-8,12H2,1-2H3. The fourth-order valence-corrected chi connectivity index (χ4v) is 1.41. The lowest BCUT2D eigenvalue weighted by molar-refractivity contribution is 0.295. The van der Waals surface area contributed by atoms with Crippen molar-refractivity contribution in [3.8, 4) is 5.75 Å². The van der Waals surface area contributed by atoms with E-state index < -0.39 is 0 Å². The highest BCUT2D eigenvalue weighted by molar-refractivity contribution is 5.32. The minimum atomic E-state index is 0.281. The number of benzene rings is 1. The molecule has 0 heterocycles. The summed E-state index contributed by atoms with van der Waals surface area (Å²) in [6.07, 6.45) is 0.788. The number of rotatable bonds is 4. The Morgan fingerprint density at radius 1 is 1.36 bits per heavy atom. The van der Waals surface area contributed by atoms with Gasteiger partial charge in [-0.25, -0.2) is 0 Å². The molecule has 0 aliphatic rings. The molecular weight excluding hydrogens is 176 g/mol. The molecule has 0 spiro atoms. The van der Waals surface area contributed by atoms with Crippen LogP contribution in [0.2, 0.25) is 0 Å². The summed E-state index contributed by atoms with van der Waals surface area (Å²) in [5.41, 5.74) is 6.60. The highest BCUT2D eigenvalue weighted by Crippen LogP contribution is 2.18. The van der Waals surface area contributed by atoms with Gasteiger partial charge in [0, 0.05) is 12.6 Å². The molecule has 0 bridgehead atoms. The lowest BCUT2D eigenvalue weighted by atomic mass is 10.0. The van der Waals surface area contributed by atoms with Crippen molar-refractivity contribution in [3.63, 3.8) is 0 Å². The number of phenolic OH excluding ortho intramolecular Hbond substituents is 1. The van der Waals surface area contributed by atoms with Crippen molar-refractivity contribution in [3.05, 3.63) is 29.8 Å². The van der Waals surface area contributed by atoms with E-state index in [0.29, 0.717) is 12.3 Å². The quantitative estimate of drug-likeness (QED) is 0.746. The minimum Gasteiger partial charge on any atom is -0.508 e. The van der Waals surface area contributed by atoms with Gasteiger partial charge >= 0.3 is 0 Å². The average molecular weight is 194 g/mol. The summed E-state index contributed by atoms with van der Waals surface area (Å²) in [7, 11) is 4.00. The molecular formula is C11H18N2O. The van der Waals surface area contributed by atoms with Gasteiger partial charge in [-0.15, -0.1) is 0 Å². The monoisotopic (exact) mass is 194 g/mol. The molecule has 3 N–H and O–H groups in total. The van der Waals surface area contributed by atoms with Gasteiger partial charge in [0.2, 0.25) is 0 Å². The second kappa shape index (κ2) is 4.98. The Morgan fingerprint density at radius 2 is 2.00 bits per heavy atom. The molecule has 0 aromatic heterocycles. The predicted octanol–water partition coefficient (Wildman–Crippen LogP) is 0.824. The molecule has 14 heavy (non-hydrogen) atoms. The number of hydrogen-bond donors (Lipinski definition) is 2. The minimum absolute atomic E-state index is 0.281. The van der Waals surface area contributed by atoms with Gasteiger partial charge in [0.05, 0.1) is 0 Å². The van der Waals surface area contributed by atoms with Crippen LogP contribution in [0.4, 0.5) is 0 Å². The van der Waals surface area contributed by atoms with Crippen LogP contribution in [0.15, 0.2) is 24.3 Å². The number of likely N-dealkylation sites (N-methyl/N-ethyl adjacent to an activating group) is 1. The second-order valence-electron chi connectivity index (χ2n) is 3.69. The fraction of sp³-hybridized carbons (Fsp3) is 0.455. The summed E-state index contributed by atoms with van der Waals surface area (Å²) in [5, 5.41) is 9.58. The summed E-state index contributed by atoms with van der Waals surface area (Å²) < 4.78 is 0. The molecule has 1 aromatic carbocycles. The molecule has 78 valence electrons. The smallest absolute Gasteiger partial charge is 0.118 e. The fourth-order valence-electron chi connectivity index (χ4n) is 1.41. The number of para-hydroxylation sites is 1. The first-order valence-electron chi connectivity index (χ1n) is 4.78. The highest BCUT2D eigenvalue weighted by Gasteiger charge is 2.11. The van der Waals surface area contributed by atoms with E-state index in [1.165, 1.54) is 0 Å². The summed E-state index contributed by atoms with van der Waals surface area (Å²) in [5.74, 6) is 0.354. The van der Waals surface area contributed by atoms with E-state index in [1.54, 1.807) is 6.07 Å². The molecule has 0 saturated carbocycles. The van der Waals surface area contributed by atoms with Crippen molar-refractivity contribution in [1.29, 1.82) is 0 Å². The largest absolute Gasteiger partial charge is 0.508 e. The molecule has 0 saturated heterocycles. The molecule has 0 fully saturated rings. The molecule has 3 nitrogen and oxygen atoms in total. The Bertz CT molecular complexity index is 286. The Hall–Kier alpha value is -1.06. The zero-order valence-corrected chi connectivity index (χ0v) is 8.77. The molecule has 1 aromatic rings. The highest BCUT2D eigenvalue weighted by atomic mass is 16.3. The van der Waals surface area contributed by atoms with Crippen molar-refractivity contribution in [1.82, 2.24) is 4.90 Å². The normalized spacial score (nSPS) is 13.1. The lowest BCUT2D eigenvalue weighted by Crippen LogP contribution is -2.36. The van der Waals surface area contributed by atoms with Gasteiger partial charge in [-0.1, -0.05) is 18.2 Å². The second-order valence-corrected chi connectivity index (χ2v) is 3.69. The molecule has 1 unspecified atom stereocenters. The first kappa shape index (κ1) is 11.0. The molecule has 0 aliphatic carbocycles. The van der Waals surface area contributed by atoms with Crippen LogP contribution >= 0.6 is 0 Å². The Labute approximate surface area is 85.2 Å². The summed E-state index contributed by atoms with van der Waals surface area (Å²) in [6, 6.07) is 7.67. The maximum absolute atomic E-state index is 9.58. The van der Waals surface area contributed by atoms with E-state index in [1.807, 2.05) is 32.3 Å². The summed E-state index contributed by atoms with van der Waals surface area (Å²) in [6.45, 7) is 0.599. The molecule has 1 rings (SSSR count). The van der Waals surface area contributed by atoms with Gasteiger partial charge in [0.15, 0.2) is 0 Å². The van der Waals surface area contributed by atoms with Crippen molar-refractivity contribution < 1.29 is 5.11 Å². The van der Waals surface area contributed by atoms with Crippen LogP contribution < -0.4 is 5.73 Å². The third-order valence-electron chi connectivity index (χ3n) is 2.45. The lowest BCUT2D eigenvalue weighted by Gasteiger charge is -2.22. The van der Waals surface area contributed by atoms with Gasteiger partial charge in [0.1, 0.15) is 5.75 Å². The molecule has 0 radical (unpaired) electrons. The Balaban J connectivity index is 2.72. The van der Waals surface area contributed by atoms with Crippen molar-refractivity contribution >= 4 is 0 Å². The van der Waals surface area contributed by atoms with E-state index in [0.717, 1.165) is 12.0 Å². The van der Waals surface area contributed by atoms with Crippen LogP contribution in [0.3, 0.4) is 0 Å². The first-order chi connectivity index (χ1) is 6.65. The third kappa shape index (κ3) is 2.72. The third-order valence-corrected chi connectivity index (χ3v) is 2.45. The van der Waals surface area contributed by atoms with Crippen LogP contribution in [-0.2, 0) is 6.42 Å². The summed E-state index contributed by atoms with van der Waals surface area (Å²) >= 11 is 0. The van der Waals surface area contributed by atoms with E-state index in [4.69, 9.17) is 5.73 Å². The average Bonchev–Trinajstić information content (AvgIpc) is 2.16. The van der Waals surface area contributed by atoms with Crippen molar-refractivity contribution in [2.45, 2.75) is 12.5 Å². The molecule has 0 amide bonds. The number of phenols is 1. The van der Waals surface area contributed by atoms with Gasteiger partial charge in [-0.3, -0.25) is 0 Å². The van der Waals surface area contributed by atoms with E-state index >= 15 is 0 Å². The van der Waals surface area contributed by atoms with E-state index in [-0.39, 0.29) is 6.04 Å². The van der Waals surface area contributed by atoms with Crippen LogP contribution in [0.25, 0.3) is 0 Å². The van der Waals surface area contributed by atoms with Gasteiger partial charge in [-0.05, 0) is 32.1 Å². The van der Waals surface area contributed by atoms with Gasteiger partial charge < -0.3 is 15.7 Å². The van der Waals surface area contributed by atoms with E-state index in [9.17, 15) is 5.11 Å². The van der Waals surface area contributed by atoms with Crippen LogP contribution in [-0.4, -0.2) is 36.7 Å². The van der Waals surface area contributed by atoms with Gasteiger partial charge in [0.25, 0.3) is 0 Å². The molecule has 0 aliphatic heterocycles. The maximum Gasteiger partial charge on any atom is 0.118 e. The predicted molar refractivity (Wildman–Crippen MR) is 58.3 cm³/mol. The number of hydrogen-bond acceptors (Lipinski definition) is 3. The van der Waals surface area contributed by atoms with Gasteiger partial charge in [-0.2, -0.15) is 0 Å². The maximum atomic E-state index is 9.58.